The quantitative estimate of drug-likeness (QED) is 0.697. The summed E-state index contributed by atoms with van der Waals surface area (Å²) in [6.45, 7) is 0.438. The summed E-state index contributed by atoms with van der Waals surface area (Å²) in [5.74, 6) is -0.157. The van der Waals surface area contributed by atoms with Gasteiger partial charge in [-0.05, 0) is 48.4 Å². The molecule has 0 atom stereocenters. The van der Waals surface area contributed by atoms with E-state index in [-0.39, 0.29) is 10.8 Å². The molecule has 0 fully saturated rings. The number of carbonyl (C=O) groups is 1. The van der Waals surface area contributed by atoms with E-state index in [0.717, 1.165) is 11.3 Å². The Morgan fingerprint density at radius 3 is 2.27 bits per heavy atom. The van der Waals surface area contributed by atoms with Crippen LogP contribution >= 0.6 is 0 Å². The Labute approximate surface area is 152 Å². The lowest BCUT2D eigenvalue weighted by Crippen LogP contribution is -2.26. The van der Waals surface area contributed by atoms with E-state index in [1.54, 1.807) is 18.2 Å². The van der Waals surface area contributed by atoms with E-state index in [0.29, 0.717) is 18.5 Å². The van der Waals surface area contributed by atoms with Crippen molar-refractivity contribution in [2.75, 3.05) is 6.54 Å². The summed E-state index contributed by atoms with van der Waals surface area (Å²) < 4.78 is 24.4. The van der Waals surface area contributed by atoms with E-state index >= 15 is 0 Å². The molecule has 26 heavy (non-hydrogen) atoms. The van der Waals surface area contributed by atoms with E-state index in [1.165, 1.54) is 12.1 Å². The molecule has 0 aliphatic rings. The molecule has 0 unspecified atom stereocenters. The number of hydrogen-bond donors (Lipinski definition) is 2. The van der Waals surface area contributed by atoms with Crippen LogP contribution < -0.4 is 10.5 Å². The lowest BCUT2D eigenvalue weighted by atomic mass is 10.1. The molecule has 2 aromatic carbocycles. The highest BCUT2D eigenvalue weighted by molar-refractivity contribution is 7.89. The van der Waals surface area contributed by atoms with Crippen LogP contribution in [-0.4, -0.2) is 25.4 Å². The molecule has 0 saturated carbocycles. The van der Waals surface area contributed by atoms with Crippen molar-refractivity contribution in [3.8, 4) is 5.69 Å². The van der Waals surface area contributed by atoms with Gasteiger partial charge in [0.15, 0.2) is 0 Å². The van der Waals surface area contributed by atoms with Crippen LogP contribution in [0.4, 0.5) is 0 Å². The third kappa shape index (κ3) is 4.19. The van der Waals surface area contributed by atoms with Gasteiger partial charge in [0.25, 0.3) is 5.91 Å². The van der Waals surface area contributed by atoms with Crippen LogP contribution in [0.25, 0.3) is 5.69 Å². The number of nitrogens with two attached hydrogens (primary N) is 1. The maximum Gasteiger partial charge on any atom is 0.253 e. The zero-order valence-electron chi connectivity index (χ0n) is 14.0. The topological polar surface area (TPSA) is 94.2 Å². The summed E-state index contributed by atoms with van der Waals surface area (Å²) in [4.78, 5) is 12.6. The Bertz CT molecular complexity index is 995. The standard InChI is InChI=1S/C19H19N3O3S/c20-26(24,25)16-9-7-15(8-10-16)11-12-21-19(23)17-5-1-2-6-18(17)22-13-3-4-14-22/h1-10,13-14H,11-12H2,(H,21,23)(H2,20,24,25). The van der Waals surface area contributed by atoms with Gasteiger partial charge in [-0.2, -0.15) is 0 Å². The van der Waals surface area contributed by atoms with Gasteiger partial charge in [-0.25, -0.2) is 13.6 Å². The lowest BCUT2D eigenvalue weighted by Gasteiger charge is -2.11. The van der Waals surface area contributed by atoms with E-state index in [4.69, 9.17) is 5.14 Å². The fourth-order valence-electron chi connectivity index (χ4n) is 2.65. The molecule has 0 radical (unpaired) electrons. The Kier molecular flexibility index (Phi) is 5.20. The number of hydrogen-bond acceptors (Lipinski definition) is 3. The second-order valence-corrected chi connectivity index (χ2v) is 7.36. The molecular weight excluding hydrogens is 350 g/mol. The monoisotopic (exact) mass is 369 g/mol. The largest absolute Gasteiger partial charge is 0.352 e. The van der Waals surface area contributed by atoms with Crippen LogP contribution in [0.15, 0.2) is 78.0 Å². The summed E-state index contributed by atoms with van der Waals surface area (Å²) in [5.41, 5.74) is 2.32. The molecule has 6 nitrogen and oxygen atoms in total. The van der Waals surface area contributed by atoms with Gasteiger partial charge >= 0.3 is 0 Å². The second kappa shape index (κ2) is 7.55. The summed E-state index contributed by atoms with van der Waals surface area (Å²) in [5, 5.41) is 7.98. The maximum absolute atomic E-state index is 12.5. The number of rotatable bonds is 6. The summed E-state index contributed by atoms with van der Waals surface area (Å²) in [6.07, 6.45) is 4.36. The first-order valence-corrected chi connectivity index (χ1v) is 9.62. The highest BCUT2D eigenvalue weighted by Gasteiger charge is 2.11. The molecule has 0 spiro atoms. The van der Waals surface area contributed by atoms with E-state index in [2.05, 4.69) is 5.32 Å². The molecule has 1 amide bonds. The summed E-state index contributed by atoms with van der Waals surface area (Å²) >= 11 is 0. The van der Waals surface area contributed by atoms with Gasteiger partial charge in [0, 0.05) is 18.9 Å². The predicted octanol–water partition coefficient (Wildman–Crippen LogP) is 2.10. The minimum Gasteiger partial charge on any atom is -0.352 e. The smallest absolute Gasteiger partial charge is 0.253 e. The predicted molar refractivity (Wildman–Crippen MR) is 99.6 cm³/mol. The van der Waals surface area contributed by atoms with Crippen LogP contribution in [0.3, 0.4) is 0 Å². The van der Waals surface area contributed by atoms with E-state index < -0.39 is 10.0 Å². The number of amides is 1. The normalized spacial score (nSPS) is 11.3. The highest BCUT2D eigenvalue weighted by atomic mass is 32.2. The van der Waals surface area contributed by atoms with Gasteiger partial charge in [-0.15, -0.1) is 0 Å². The Balaban J connectivity index is 1.63. The fraction of sp³-hybridized carbons (Fsp3) is 0.105. The molecule has 0 aliphatic carbocycles. The molecule has 3 rings (SSSR count). The first-order valence-electron chi connectivity index (χ1n) is 8.07. The Hall–Kier alpha value is -2.90. The molecule has 134 valence electrons. The van der Waals surface area contributed by atoms with Crippen LogP contribution in [0.5, 0.6) is 0 Å². The highest BCUT2D eigenvalue weighted by Crippen LogP contribution is 2.15. The summed E-state index contributed by atoms with van der Waals surface area (Å²) in [6, 6.07) is 17.5. The third-order valence-corrected chi connectivity index (χ3v) is 4.91. The number of nitrogens with one attached hydrogen (secondary N) is 1. The minimum atomic E-state index is -3.69. The molecule has 3 N–H and O–H groups in total. The van der Waals surface area contributed by atoms with Crippen molar-refractivity contribution in [1.29, 1.82) is 0 Å². The Morgan fingerprint density at radius 2 is 1.62 bits per heavy atom. The van der Waals surface area contributed by atoms with Gasteiger partial charge in [0.1, 0.15) is 0 Å². The van der Waals surface area contributed by atoms with Crippen molar-refractivity contribution in [2.24, 2.45) is 5.14 Å². The van der Waals surface area contributed by atoms with Crippen LogP contribution in [0, 0.1) is 0 Å². The van der Waals surface area contributed by atoms with Gasteiger partial charge in [0.2, 0.25) is 10.0 Å². The molecular formula is C19H19N3O3S. The first kappa shape index (κ1) is 17.9. The number of carbonyl (C=O) groups excluding carboxylic acids is 1. The maximum atomic E-state index is 12.5. The lowest BCUT2D eigenvalue weighted by molar-refractivity contribution is 0.0954. The van der Waals surface area contributed by atoms with Gasteiger partial charge in [-0.3, -0.25) is 4.79 Å². The fourth-order valence-corrected chi connectivity index (χ4v) is 3.16. The number of primary sulfonamides is 1. The molecule has 0 saturated heterocycles. The van der Waals surface area contributed by atoms with Crippen molar-refractivity contribution < 1.29 is 13.2 Å². The van der Waals surface area contributed by atoms with Gasteiger partial charge in [0.05, 0.1) is 16.1 Å². The molecule has 1 heterocycles. The molecule has 3 aromatic rings. The van der Waals surface area contributed by atoms with Gasteiger partial charge < -0.3 is 9.88 Å². The molecule has 1 aromatic heterocycles. The SMILES string of the molecule is NS(=O)(=O)c1ccc(CCNC(=O)c2ccccc2-n2cccc2)cc1. The first-order chi connectivity index (χ1) is 12.4. The average molecular weight is 369 g/mol. The third-order valence-electron chi connectivity index (χ3n) is 3.98. The molecule has 0 aliphatic heterocycles. The zero-order chi connectivity index (χ0) is 18.6. The van der Waals surface area contributed by atoms with E-state index in [1.807, 2.05) is 47.3 Å². The summed E-state index contributed by atoms with van der Waals surface area (Å²) in [7, 11) is -3.69. The van der Waals surface area contributed by atoms with Crippen LogP contribution in [0.1, 0.15) is 15.9 Å². The van der Waals surface area contributed by atoms with Crippen molar-refractivity contribution in [3.63, 3.8) is 0 Å². The van der Waals surface area contributed by atoms with Crippen molar-refractivity contribution in [3.05, 3.63) is 84.2 Å². The van der Waals surface area contributed by atoms with Crippen LogP contribution in [0.2, 0.25) is 0 Å². The van der Waals surface area contributed by atoms with Crippen LogP contribution in [-0.2, 0) is 16.4 Å². The van der Waals surface area contributed by atoms with Crippen molar-refractivity contribution in [1.82, 2.24) is 9.88 Å². The number of benzene rings is 2. The zero-order valence-corrected chi connectivity index (χ0v) is 14.8. The number of aromatic nitrogens is 1. The molecule has 7 heteroatoms. The van der Waals surface area contributed by atoms with Crippen molar-refractivity contribution >= 4 is 15.9 Å². The van der Waals surface area contributed by atoms with Crippen molar-refractivity contribution in [2.45, 2.75) is 11.3 Å². The number of para-hydroxylation sites is 1. The molecule has 0 bridgehead atoms. The number of nitrogens with zero attached hydrogens (tertiary/aromatic N) is 1. The minimum absolute atomic E-state index is 0.0749. The Morgan fingerprint density at radius 1 is 0.962 bits per heavy atom. The second-order valence-electron chi connectivity index (χ2n) is 5.80. The van der Waals surface area contributed by atoms with E-state index in [9.17, 15) is 13.2 Å². The van der Waals surface area contributed by atoms with Gasteiger partial charge in [-0.1, -0.05) is 24.3 Å². The average Bonchev–Trinajstić information content (AvgIpc) is 3.16. The number of sulfonamides is 1.